The number of nitrogens with two attached hydrogens (primary N) is 1. The molecule has 0 saturated heterocycles. The predicted molar refractivity (Wildman–Crippen MR) is 120 cm³/mol. The molecule has 1 amide bonds. The quantitative estimate of drug-likeness (QED) is 0.118. The number of furan rings is 1. The van der Waals surface area contributed by atoms with Gasteiger partial charge in [0.05, 0.1) is 6.42 Å². The second-order valence-electron chi connectivity index (χ2n) is 7.25. The van der Waals surface area contributed by atoms with E-state index in [4.69, 9.17) is 40.4 Å². The number of amides is 1. The molecule has 6 N–H and O–H groups in total. The molecular formula is C22H22F3N3O10. The summed E-state index contributed by atoms with van der Waals surface area (Å²) in [7, 11) is 0. The molecule has 206 valence electrons. The first-order valence-electron chi connectivity index (χ1n) is 10.4. The Morgan fingerprint density at radius 1 is 0.947 bits per heavy atom. The second-order valence-corrected chi connectivity index (χ2v) is 7.25. The van der Waals surface area contributed by atoms with Crippen LogP contribution >= 0.6 is 0 Å². The number of benzene rings is 1. The standard InChI is InChI=1S/C20H21N3O8.C2HF3O2/c21-19(22)12-1-3-14(4-2-12)31-20(29)15-7-5-13(30-15)6-8-16(24)23(11-18(27)28)10-9-17(25)26;3-2(4,5)1(6)7/h1-5,7H,6,8-11H2,(H3,21,22)(H,25,26)(H,27,28);(H,6,7). The predicted octanol–water partition coefficient (Wildman–Crippen LogP) is 1.74. The van der Waals surface area contributed by atoms with Gasteiger partial charge in [-0.05, 0) is 36.4 Å². The van der Waals surface area contributed by atoms with Gasteiger partial charge in [-0.1, -0.05) is 0 Å². The van der Waals surface area contributed by atoms with Gasteiger partial charge in [0.1, 0.15) is 23.9 Å². The Bertz CT molecular complexity index is 1180. The fourth-order valence-electron chi connectivity index (χ4n) is 2.56. The highest BCUT2D eigenvalue weighted by atomic mass is 19.4. The number of carbonyl (C=O) groups excluding carboxylic acids is 2. The average Bonchev–Trinajstić information content (AvgIpc) is 3.29. The number of nitrogens with one attached hydrogen (secondary N) is 1. The number of nitrogen functional groups attached to an aromatic ring is 1. The van der Waals surface area contributed by atoms with Crippen LogP contribution in [-0.4, -0.2) is 75.1 Å². The number of carbonyl (C=O) groups is 5. The average molecular weight is 545 g/mol. The third-order valence-corrected chi connectivity index (χ3v) is 4.34. The van der Waals surface area contributed by atoms with Crippen molar-refractivity contribution in [3.63, 3.8) is 0 Å². The number of esters is 1. The molecule has 0 aliphatic rings. The lowest BCUT2D eigenvalue weighted by Gasteiger charge is -2.19. The first-order chi connectivity index (χ1) is 17.6. The Labute approximate surface area is 211 Å². The SMILES string of the molecule is N=C(N)c1ccc(OC(=O)c2ccc(CCC(=O)N(CCC(=O)O)CC(=O)O)o2)cc1.O=C(O)C(F)(F)F. The van der Waals surface area contributed by atoms with Crippen LogP contribution in [0.25, 0.3) is 0 Å². The van der Waals surface area contributed by atoms with E-state index in [2.05, 4.69) is 0 Å². The first-order valence-corrected chi connectivity index (χ1v) is 10.4. The minimum absolute atomic E-state index is 0.0859. The molecule has 0 spiro atoms. The summed E-state index contributed by atoms with van der Waals surface area (Å²) in [5.41, 5.74) is 5.84. The molecule has 0 atom stereocenters. The number of hydrogen-bond donors (Lipinski definition) is 5. The molecular weight excluding hydrogens is 523 g/mol. The molecule has 1 aromatic heterocycles. The fourth-order valence-corrected chi connectivity index (χ4v) is 2.56. The molecule has 0 aliphatic carbocycles. The summed E-state index contributed by atoms with van der Waals surface area (Å²) >= 11 is 0. The summed E-state index contributed by atoms with van der Waals surface area (Å²) in [6.07, 6.45) is -5.49. The smallest absolute Gasteiger partial charge is 0.481 e. The number of rotatable bonds is 11. The van der Waals surface area contributed by atoms with Crippen LogP contribution < -0.4 is 10.5 Å². The Morgan fingerprint density at radius 2 is 1.53 bits per heavy atom. The van der Waals surface area contributed by atoms with Crippen LogP contribution in [0.1, 0.15) is 34.7 Å². The number of aryl methyl sites for hydroxylation is 1. The molecule has 0 bridgehead atoms. The molecule has 0 radical (unpaired) electrons. The molecule has 16 heteroatoms. The zero-order chi connectivity index (χ0) is 29.0. The van der Waals surface area contributed by atoms with Crippen molar-refractivity contribution in [3.05, 3.63) is 53.5 Å². The molecule has 1 aromatic carbocycles. The lowest BCUT2D eigenvalue weighted by Crippen LogP contribution is -2.37. The van der Waals surface area contributed by atoms with Crippen molar-refractivity contribution in [2.75, 3.05) is 13.1 Å². The largest absolute Gasteiger partial charge is 0.490 e. The van der Waals surface area contributed by atoms with E-state index in [1.807, 2.05) is 0 Å². The van der Waals surface area contributed by atoms with Crippen molar-refractivity contribution < 1.29 is 61.6 Å². The summed E-state index contributed by atoms with van der Waals surface area (Å²) in [4.78, 5) is 55.8. The van der Waals surface area contributed by atoms with E-state index in [-0.39, 0.29) is 43.2 Å². The van der Waals surface area contributed by atoms with Gasteiger partial charge in [-0.3, -0.25) is 19.8 Å². The van der Waals surface area contributed by atoms with Crippen molar-refractivity contribution in [2.45, 2.75) is 25.4 Å². The molecule has 0 unspecified atom stereocenters. The third-order valence-electron chi connectivity index (χ3n) is 4.34. The highest BCUT2D eigenvalue weighted by molar-refractivity contribution is 5.95. The lowest BCUT2D eigenvalue weighted by atomic mass is 10.2. The van der Waals surface area contributed by atoms with E-state index in [9.17, 15) is 32.3 Å². The molecule has 2 rings (SSSR count). The molecule has 38 heavy (non-hydrogen) atoms. The highest BCUT2D eigenvalue weighted by Gasteiger charge is 2.38. The van der Waals surface area contributed by atoms with Gasteiger partial charge in [-0.2, -0.15) is 13.2 Å². The van der Waals surface area contributed by atoms with E-state index >= 15 is 0 Å². The normalized spacial score (nSPS) is 10.5. The van der Waals surface area contributed by atoms with E-state index in [0.29, 0.717) is 11.3 Å². The van der Waals surface area contributed by atoms with Crippen molar-refractivity contribution in [3.8, 4) is 5.75 Å². The zero-order valence-corrected chi connectivity index (χ0v) is 19.4. The molecule has 13 nitrogen and oxygen atoms in total. The number of aliphatic carboxylic acids is 3. The van der Waals surface area contributed by atoms with Crippen LogP contribution in [0.5, 0.6) is 5.75 Å². The summed E-state index contributed by atoms with van der Waals surface area (Å²) in [5, 5.41) is 32.1. The first kappa shape index (κ1) is 31.1. The number of ether oxygens (including phenoxy) is 1. The summed E-state index contributed by atoms with van der Waals surface area (Å²) < 4.78 is 42.3. The number of nitrogens with zero attached hydrogens (tertiary/aromatic N) is 1. The number of hydrogen-bond acceptors (Lipinski definition) is 8. The van der Waals surface area contributed by atoms with Crippen LogP contribution in [0.2, 0.25) is 0 Å². The number of carboxylic acid groups (broad SMARTS) is 3. The van der Waals surface area contributed by atoms with E-state index in [1.165, 1.54) is 36.4 Å². The molecule has 2 aromatic rings. The van der Waals surface area contributed by atoms with Crippen LogP contribution in [0.4, 0.5) is 13.2 Å². The monoisotopic (exact) mass is 545 g/mol. The lowest BCUT2D eigenvalue weighted by molar-refractivity contribution is -0.192. The van der Waals surface area contributed by atoms with Crippen molar-refractivity contribution in [1.29, 1.82) is 5.41 Å². The number of halogens is 3. The summed E-state index contributed by atoms with van der Waals surface area (Å²) in [5.74, 6) is -6.14. The maximum atomic E-state index is 12.2. The molecule has 1 heterocycles. The Balaban J connectivity index is 0.000000905. The van der Waals surface area contributed by atoms with Crippen molar-refractivity contribution in [1.82, 2.24) is 4.90 Å². The fraction of sp³-hybridized carbons (Fsp3) is 0.273. The van der Waals surface area contributed by atoms with E-state index in [0.717, 1.165) is 4.90 Å². The topological polar surface area (TPSA) is 222 Å². The van der Waals surface area contributed by atoms with Gasteiger partial charge < -0.3 is 35.1 Å². The van der Waals surface area contributed by atoms with Crippen LogP contribution in [-0.2, 0) is 25.6 Å². The Morgan fingerprint density at radius 3 is 2.00 bits per heavy atom. The second kappa shape index (κ2) is 14.0. The van der Waals surface area contributed by atoms with Gasteiger partial charge in [0.2, 0.25) is 11.7 Å². The number of alkyl halides is 3. The van der Waals surface area contributed by atoms with Gasteiger partial charge in [0.15, 0.2) is 0 Å². The Kier molecular flexibility index (Phi) is 11.5. The van der Waals surface area contributed by atoms with Gasteiger partial charge in [-0.25, -0.2) is 9.59 Å². The van der Waals surface area contributed by atoms with Crippen LogP contribution in [0.15, 0.2) is 40.8 Å². The van der Waals surface area contributed by atoms with Gasteiger partial charge >= 0.3 is 30.1 Å². The summed E-state index contributed by atoms with van der Waals surface area (Å²) in [6.45, 7) is -0.830. The molecule has 0 aliphatic heterocycles. The van der Waals surface area contributed by atoms with Gasteiger partial charge in [-0.15, -0.1) is 0 Å². The van der Waals surface area contributed by atoms with Crippen LogP contribution in [0.3, 0.4) is 0 Å². The molecule has 0 saturated carbocycles. The number of amidine groups is 1. The van der Waals surface area contributed by atoms with Gasteiger partial charge in [0, 0.05) is 24.9 Å². The summed E-state index contributed by atoms with van der Waals surface area (Å²) in [6, 6.07) is 8.87. The highest BCUT2D eigenvalue weighted by Crippen LogP contribution is 2.17. The van der Waals surface area contributed by atoms with Crippen LogP contribution in [0, 0.1) is 5.41 Å². The molecule has 0 fully saturated rings. The van der Waals surface area contributed by atoms with Crippen molar-refractivity contribution >= 4 is 35.6 Å². The van der Waals surface area contributed by atoms with E-state index in [1.54, 1.807) is 0 Å². The zero-order valence-electron chi connectivity index (χ0n) is 19.4. The minimum Gasteiger partial charge on any atom is -0.481 e. The maximum Gasteiger partial charge on any atom is 0.490 e. The van der Waals surface area contributed by atoms with Gasteiger partial charge in [0.25, 0.3) is 0 Å². The minimum atomic E-state index is -5.08. The van der Waals surface area contributed by atoms with Crippen molar-refractivity contribution in [2.24, 2.45) is 5.73 Å². The Hall–Kier alpha value is -4.89. The maximum absolute atomic E-state index is 12.2. The third kappa shape index (κ3) is 11.2. The van der Waals surface area contributed by atoms with E-state index < -0.39 is 42.5 Å². The number of carboxylic acids is 3.